The molecular formula is C8H14N2O3S3. The summed E-state index contributed by atoms with van der Waals surface area (Å²) >= 11 is -0.358. The Hall–Kier alpha value is -0.180. The fourth-order valence-corrected chi connectivity index (χ4v) is 4.66. The molecule has 0 saturated heterocycles. The van der Waals surface area contributed by atoms with Crippen LogP contribution in [0.25, 0.3) is 0 Å². The molecule has 0 fully saturated rings. The van der Waals surface area contributed by atoms with Gasteiger partial charge in [0.15, 0.2) is 0 Å². The van der Waals surface area contributed by atoms with E-state index in [0.717, 1.165) is 17.8 Å². The van der Waals surface area contributed by atoms with E-state index in [2.05, 4.69) is 10.2 Å². The second kappa shape index (κ2) is 5.44. The molecule has 0 aliphatic carbocycles. The van der Waals surface area contributed by atoms with Crippen LogP contribution in [0, 0.1) is 0 Å². The van der Waals surface area contributed by atoms with Crippen LogP contribution in [0.4, 0.5) is 0 Å². The van der Waals surface area contributed by atoms with Gasteiger partial charge >= 0.3 is 4.34 Å². The molecule has 16 heavy (non-hydrogen) atoms. The highest BCUT2D eigenvalue weighted by molar-refractivity contribution is 7.96. The van der Waals surface area contributed by atoms with Crippen molar-refractivity contribution in [3.8, 4) is 0 Å². The lowest BCUT2D eigenvalue weighted by atomic mass is 10.4. The first-order valence-electron chi connectivity index (χ1n) is 4.89. The fourth-order valence-electron chi connectivity index (χ4n) is 0.851. The first-order chi connectivity index (χ1) is 7.42. The van der Waals surface area contributed by atoms with E-state index in [1.807, 2.05) is 13.8 Å². The summed E-state index contributed by atoms with van der Waals surface area (Å²) in [5.41, 5.74) is 0. The van der Waals surface area contributed by atoms with Gasteiger partial charge in [-0.15, -0.1) is 5.10 Å². The average molecular weight is 282 g/mol. The molecule has 92 valence electrons. The van der Waals surface area contributed by atoms with Gasteiger partial charge < -0.3 is 4.55 Å². The van der Waals surface area contributed by atoms with Crippen molar-refractivity contribution in [1.82, 2.24) is 10.2 Å². The van der Waals surface area contributed by atoms with Crippen LogP contribution in [0.2, 0.25) is 0 Å². The van der Waals surface area contributed by atoms with E-state index >= 15 is 0 Å². The zero-order chi connectivity index (χ0) is 12.3. The molecule has 8 heteroatoms. The first kappa shape index (κ1) is 13.9. The maximum atomic E-state index is 11.8. The van der Waals surface area contributed by atoms with E-state index in [0.29, 0.717) is 4.34 Å². The molecule has 0 spiro atoms. The zero-order valence-electron chi connectivity index (χ0n) is 9.34. The van der Waals surface area contributed by atoms with Crippen molar-refractivity contribution in [3.63, 3.8) is 0 Å². The van der Waals surface area contributed by atoms with Crippen LogP contribution in [0.15, 0.2) is 8.68 Å². The molecule has 1 rings (SSSR count). The lowest BCUT2D eigenvalue weighted by molar-refractivity contribution is 0.577. The Labute approximate surface area is 102 Å². The zero-order valence-corrected chi connectivity index (χ0v) is 11.8. The van der Waals surface area contributed by atoms with E-state index < -0.39 is 21.0 Å². The molecule has 0 radical (unpaired) electrons. The van der Waals surface area contributed by atoms with Gasteiger partial charge in [-0.05, 0) is 24.7 Å². The lowest BCUT2D eigenvalue weighted by Gasteiger charge is -2.11. The molecule has 0 saturated carbocycles. The number of sulfone groups is 1. The summed E-state index contributed by atoms with van der Waals surface area (Å²) in [6.45, 7) is 5.31. The Balaban J connectivity index is 2.96. The van der Waals surface area contributed by atoms with Gasteiger partial charge in [0.1, 0.15) is 5.25 Å². The van der Waals surface area contributed by atoms with Crippen molar-refractivity contribution in [3.05, 3.63) is 0 Å². The third kappa shape index (κ3) is 2.93. The fraction of sp³-hybridized carbons (Fsp3) is 0.750. The quantitative estimate of drug-likeness (QED) is 0.759. The van der Waals surface area contributed by atoms with Crippen molar-refractivity contribution in [1.29, 1.82) is 0 Å². The molecule has 0 aromatic carbocycles. The molecule has 1 heterocycles. The van der Waals surface area contributed by atoms with E-state index in [1.165, 1.54) is 0 Å². The second-order valence-corrected chi connectivity index (χ2v) is 8.73. The third-order valence-corrected chi connectivity index (χ3v) is 7.28. The van der Waals surface area contributed by atoms with Crippen LogP contribution in [0.5, 0.6) is 0 Å². The van der Waals surface area contributed by atoms with Crippen LogP contribution in [-0.4, -0.2) is 34.2 Å². The van der Waals surface area contributed by atoms with Crippen molar-refractivity contribution in [2.24, 2.45) is 0 Å². The van der Waals surface area contributed by atoms with Gasteiger partial charge in [0.25, 0.3) is 0 Å². The largest absolute Gasteiger partial charge is 0.609 e. The molecule has 1 aromatic heterocycles. The van der Waals surface area contributed by atoms with Gasteiger partial charge in [0.2, 0.25) is 14.2 Å². The minimum Gasteiger partial charge on any atom is -0.609 e. The molecule has 0 bridgehead atoms. The Morgan fingerprint density at radius 2 is 2.06 bits per heavy atom. The van der Waals surface area contributed by atoms with Crippen LogP contribution in [-0.2, 0) is 21.0 Å². The van der Waals surface area contributed by atoms with Gasteiger partial charge in [-0.2, -0.15) is 0 Å². The minimum absolute atomic E-state index is 0.0163. The molecule has 0 amide bonds. The van der Waals surface area contributed by atoms with Gasteiger partial charge in [0.05, 0.1) is 5.75 Å². The summed E-state index contributed by atoms with van der Waals surface area (Å²) in [7, 11) is -3.33. The summed E-state index contributed by atoms with van der Waals surface area (Å²) in [4.78, 5) is 0. The Morgan fingerprint density at radius 1 is 1.44 bits per heavy atom. The number of hydrogen-bond donors (Lipinski definition) is 0. The molecule has 2 atom stereocenters. The van der Waals surface area contributed by atoms with Crippen LogP contribution >= 0.6 is 11.3 Å². The predicted molar refractivity (Wildman–Crippen MR) is 63.8 cm³/mol. The summed E-state index contributed by atoms with van der Waals surface area (Å²) in [5.74, 6) is -0.0163. The summed E-state index contributed by atoms with van der Waals surface area (Å²) in [6, 6.07) is 0. The molecule has 0 aliphatic rings. The third-order valence-electron chi connectivity index (χ3n) is 2.15. The summed E-state index contributed by atoms with van der Waals surface area (Å²) < 4.78 is 35.1. The van der Waals surface area contributed by atoms with E-state index in [4.69, 9.17) is 0 Å². The van der Waals surface area contributed by atoms with Gasteiger partial charge in [-0.25, -0.2) is 8.42 Å². The Kier molecular flexibility index (Phi) is 4.72. The predicted octanol–water partition coefficient (Wildman–Crippen LogP) is 1.24. The Morgan fingerprint density at radius 3 is 2.56 bits per heavy atom. The smallest absolute Gasteiger partial charge is 0.323 e. The van der Waals surface area contributed by atoms with Crippen molar-refractivity contribution in [2.75, 3.05) is 5.75 Å². The monoisotopic (exact) mass is 282 g/mol. The first-order valence-corrected chi connectivity index (χ1v) is 8.57. The molecular weight excluding hydrogens is 268 g/mol. The maximum absolute atomic E-state index is 11.8. The lowest BCUT2D eigenvalue weighted by Crippen LogP contribution is -2.16. The summed E-state index contributed by atoms with van der Waals surface area (Å²) in [5, 5.41) is 7.24. The van der Waals surface area contributed by atoms with Crippen molar-refractivity contribution >= 4 is 32.3 Å². The van der Waals surface area contributed by atoms with Crippen LogP contribution < -0.4 is 0 Å². The molecule has 0 N–H and O–H groups in total. The van der Waals surface area contributed by atoms with E-state index in [-0.39, 0.29) is 15.3 Å². The molecule has 1 aromatic rings. The maximum Gasteiger partial charge on any atom is 0.323 e. The van der Waals surface area contributed by atoms with Crippen LogP contribution in [0.3, 0.4) is 0 Å². The molecule has 5 nitrogen and oxygen atoms in total. The van der Waals surface area contributed by atoms with E-state index in [9.17, 15) is 13.0 Å². The topological polar surface area (TPSA) is 83.0 Å². The second-order valence-electron chi connectivity index (χ2n) is 3.25. The van der Waals surface area contributed by atoms with Crippen molar-refractivity contribution in [2.45, 2.75) is 41.1 Å². The molecule has 2 unspecified atom stereocenters. The van der Waals surface area contributed by atoms with Gasteiger partial charge in [-0.3, -0.25) is 0 Å². The number of rotatable bonds is 5. The highest BCUT2D eigenvalue weighted by Gasteiger charge is 2.27. The Bertz CT molecular complexity index is 443. The normalized spacial score (nSPS) is 16.0. The van der Waals surface area contributed by atoms with Gasteiger partial charge in [-0.1, -0.05) is 18.9 Å². The highest BCUT2D eigenvalue weighted by atomic mass is 32.3. The standard InChI is InChI=1S/C8H14N2O3S3/c1-4-6(3)15(11)7-9-10-8(14-7)16(12,13)5-2/h6H,4-5H2,1-3H3. The average Bonchev–Trinajstić information content (AvgIpc) is 2.76. The molecule has 0 aliphatic heterocycles. The number of hydrogen-bond acceptors (Lipinski definition) is 6. The number of nitrogens with zero attached hydrogens (tertiary/aromatic N) is 2. The SMILES string of the molecule is CCC(C)[S+]([O-])c1nnc(S(=O)(=O)CC)s1. The van der Waals surface area contributed by atoms with Crippen LogP contribution in [0.1, 0.15) is 27.2 Å². The highest BCUT2D eigenvalue weighted by Crippen LogP contribution is 2.24. The number of aromatic nitrogens is 2. The van der Waals surface area contributed by atoms with Crippen molar-refractivity contribution < 1.29 is 13.0 Å². The summed E-state index contributed by atoms with van der Waals surface area (Å²) in [6.07, 6.45) is 0.752. The minimum atomic E-state index is -3.33. The van der Waals surface area contributed by atoms with E-state index in [1.54, 1.807) is 6.92 Å². The van der Waals surface area contributed by atoms with Gasteiger partial charge in [0, 0.05) is 11.2 Å².